The number of hydrogen-bond acceptors (Lipinski definition) is 3. The highest BCUT2D eigenvalue weighted by Crippen LogP contribution is 2.23. The predicted octanol–water partition coefficient (Wildman–Crippen LogP) is 3.23. The summed E-state index contributed by atoms with van der Waals surface area (Å²) in [6.07, 6.45) is 3.90. The first-order valence-electron chi connectivity index (χ1n) is 4.45. The SMILES string of the molecule is CSNc1cccc2cc(C)cnc12. The molecule has 0 bridgehead atoms. The number of hydrogen-bond donors (Lipinski definition) is 1. The highest BCUT2D eigenvalue weighted by atomic mass is 32.2. The first-order chi connectivity index (χ1) is 6.81. The topological polar surface area (TPSA) is 24.9 Å². The molecular weight excluding hydrogens is 192 g/mol. The first kappa shape index (κ1) is 9.34. The molecule has 0 amide bonds. The number of anilines is 1. The summed E-state index contributed by atoms with van der Waals surface area (Å²) in [5.74, 6) is 0. The fraction of sp³-hybridized carbons (Fsp3) is 0.182. The Morgan fingerprint density at radius 1 is 1.36 bits per heavy atom. The number of para-hydroxylation sites is 1. The lowest BCUT2D eigenvalue weighted by Crippen LogP contribution is -1.89. The van der Waals surface area contributed by atoms with E-state index in [1.807, 2.05) is 24.6 Å². The molecule has 1 aromatic heterocycles. The zero-order valence-electron chi connectivity index (χ0n) is 8.24. The van der Waals surface area contributed by atoms with Crippen molar-refractivity contribution in [3.8, 4) is 0 Å². The van der Waals surface area contributed by atoms with E-state index in [9.17, 15) is 0 Å². The van der Waals surface area contributed by atoms with E-state index in [4.69, 9.17) is 0 Å². The highest BCUT2D eigenvalue weighted by Gasteiger charge is 2.00. The molecule has 1 N–H and O–H groups in total. The van der Waals surface area contributed by atoms with Crippen LogP contribution in [0.1, 0.15) is 5.56 Å². The lowest BCUT2D eigenvalue weighted by Gasteiger charge is -2.06. The normalized spacial score (nSPS) is 10.4. The molecule has 0 spiro atoms. The van der Waals surface area contributed by atoms with Crippen molar-refractivity contribution >= 4 is 28.5 Å². The molecular formula is C11H12N2S. The summed E-state index contributed by atoms with van der Waals surface area (Å²) in [5.41, 5.74) is 3.31. The van der Waals surface area contributed by atoms with Gasteiger partial charge in [0.15, 0.2) is 0 Å². The number of benzene rings is 1. The second-order valence-corrected chi connectivity index (χ2v) is 3.81. The van der Waals surface area contributed by atoms with E-state index in [1.54, 1.807) is 11.9 Å². The van der Waals surface area contributed by atoms with E-state index < -0.39 is 0 Å². The lowest BCUT2D eigenvalue weighted by molar-refractivity contribution is 1.33. The Morgan fingerprint density at radius 3 is 3.00 bits per heavy atom. The molecule has 0 unspecified atom stereocenters. The molecule has 3 heteroatoms. The first-order valence-corrected chi connectivity index (χ1v) is 5.68. The van der Waals surface area contributed by atoms with Crippen molar-refractivity contribution < 1.29 is 0 Å². The Labute approximate surface area is 87.9 Å². The van der Waals surface area contributed by atoms with Crippen LogP contribution in [0.25, 0.3) is 10.9 Å². The standard InChI is InChI=1S/C11H12N2S/c1-8-6-9-4-3-5-10(13-14-2)11(9)12-7-8/h3-7,13H,1-2H3. The number of fused-ring (bicyclic) bond motifs is 1. The third-order valence-corrected chi connectivity index (χ3v) is 2.48. The van der Waals surface area contributed by atoms with E-state index in [1.165, 1.54) is 10.9 Å². The van der Waals surface area contributed by atoms with E-state index >= 15 is 0 Å². The summed E-state index contributed by atoms with van der Waals surface area (Å²) in [4.78, 5) is 4.42. The van der Waals surface area contributed by atoms with Gasteiger partial charge in [0.25, 0.3) is 0 Å². The maximum absolute atomic E-state index is 4.42. The van der Waals surface area contributed by atoms with Crippen LogP contribution in [0.5, 0.6) is 0 Å². The maximum Gasteiger partial charge on any atom is 0.0941 e. The molecule has 14 heavy (non-hydrogen) atoms. The van der Waals surface area contributed by atoms with Gasteiger partial charge in [0, 0.05) is 17.8 Å². The van der Waals surface area contributed by atoms with Gasteiger partial charge in [-0.1, -0.05) is 24.1 Å². The maximum atomic E-state index is 4.42. The predicted molar refractivity (Wildman–Crippen MR) is 63.6 cm³/mol. The number of nitrogens with zero attached hydrogens (tertiary/aromatic N) is 1. The van der Waals surface area contributed by atoms with Gasteiger partial charge >= 0.3 is 0 Å². The molecule has 0 saturated carbocycles. The molecule has 0 atom stereocenters. The van der Waals surface area contributed by atoms with Crippen LogP contribution >= 0.6 is 11.9 Å². The molecule has 0 aliphatic rings. The van der Waals surface area contributed by atoms with Crippen LogP contribution in [0.15, 0.2) is 30.5 Å². The molecule has 0 radical (unpaired) electrons. The van der Waals surface area contributed by atoms with Gasteiger partial charge in [0.2, 0.25) is 0 Å². The van der Waals surface area contributed by atoms with Crippen LogP contribution in [0.2, 0.25) is 0 Å². The van der Waals surface area contributed by atoms with Gasteiger partial charge in [0.1, 0.15) is 0 Å². The number of aromatic nitrogens is 1. The summed E-state index contributed by atoms with van der Waals surface area (Å²) in [5, 5.41) is 1.18. The summed E-state index contributed by atoms with van der Waals surface area (Å²) in [7, 11) is 0. The van der Waals surface area contributed by atoms with Crippen LogP contribution in [-0.4, -0.2) is 11.2 Å². The lowest BCUT2D eigenvalue weighted by atomic mass is 10.1. The highest BCUT2D eigenvalue weighted by molar-refractivity contribution is 7.99. The van der Waals surface area contributed by atoms with Gasteiger partial charge in [0.05, 0.1) is 11.2 Å². The molecule has 2 nitrogen and oxygen atoms in total. The Morgan fingerprint density at radius 2 is 2.21 bits per heavy atom. The quantitative estimate of drug-likeness (QED) is 0.760. The second kappa shape index (κ2) is 3.88. The van der Waals surface area contributed by atoms with E-state index in [2.05, 4.69) is 28.8 Å². The smallest absolute Gasteiger partial charge is 0.0941 e. The van der Waals surface area contributed by atoms with Crippen molar-refractivity contribution in [3.63, 3.8) is 0 Å². The van der Waals surface area contributed by atoms with Crippen LogP contribution in [0, 0.1) is 6.92 Å². The molecule has 0 aliphatic carbocycles. The van der Waals surface area contributed by atoms with E-state index in [0.717, 1.165) is 11.2 Å². The molecule has 2 aromatic rings. The molecule has 1 heterocycles. The monoisotopic (exact) mass is 204 g/mol. The van der Waals surface area contributed by atoms with Crippen molar-refractivity contribution in [3.05, 3.63) is 36.0 Å². The van der Waals surface area contributed by atoms with Crippen LogP contribution in [-0.2, 0) is 0 Å². The molecule has 0 fully saturated rings. The molecule has 0 aliphatic heterocycles. The Bertz CT molecular complexity index is 454. The van der Waals surface area contributed by atoms with Crippen LogP contribution in [0.4, 0.5) is 5.69 Å². The van der Waals surface area contributed by atoms with Crippen molar-refractivity contribution in [1.82, 2.24) is 4.98 Å². The number of pyridine rings is 1. The zero-order valence-corrected chi connectivity index (χ0v) is 9.06. The average molecular weight is 204 g/mol. The van der Waals surface area contributed by atoms with E-state index in [-0.39, 0.29) is 0 Å². The molecule has 2 rings (SSSR count). The fourth-order valence-electron chi connectivity index (χ4n) is 1.46. The van der Waals surface area contributed by atoms with Crippen molar-refractivity contribution in [1.29, 1.82) is 0 Å². The van der Waals surface area contributed by atoms with Gasteiger partial charge < -0.3 is 4.72 Å². The van der Waals surface area contributed by atoms with Gasteiger partial charge in [-0.15, -0.1) is 0 Å². The van der Waals surface area contributed by atoms with Crippen molar-refractivity contribution in [2.75, 3.05) is 11.0 Å². The average Bonchev–Trinajstić information content (AvgIpc) is 2.18. The summed E-state index contributed by atoms with van der Waals surface area (Å²) >= 11 is 1.58. The Balaban J connectivity index is 2.62. The molecule has 1 aromatic carbocycles. The summed E-state index contributed by atoms with van der Waals surface area (Å²) in [6.45, 7) is 2.06. The van der Waals surface area contributed by atoms with Gasteiger partial charge in [-0.3, -0.25) is 4.98 Å². The second-order valence-electron chi connectivity index (χ2n) is 3.20. The van der Waals surface area contributed by atoms with Gasteiger partial charge in [-0.2, -0.15) is 0 Å². The number of nitrogens with one attached hydrogen (secondary N) is 1. The Kier molecular flexibility index (Phi) is 2.59. The molecule has 72 valence electrons. The minimum absolute atomic E-state index is 1.03. The minimum Gasteiger partial charge on any atom is -0.328 e. The third-order valence-electron chi connectivity index (χ3n) is 2.06. The summed E-state index contributed by atoms with van der Waals surface area (Å²) in [6, 6.07) is 8.32. The summed E-state index contributed by atoms with van der Waals surface area (Å²) < 4.78 is 3.22. The van der Waals surface area contributed by atoms with E-state index in [0.29, 0.717) is 0 Å². The van der Waals surface area contributed by atoms with Gasteiger partial charge in [-0.05, 0) is 24.6 Å². The largest absolute Gasteiger partial charge is 0.328 e. The van der Waals surface area contributed by atoms with Crippen molar-refractivity contribution in [2.45, 2.75) is 6.92 Å². The minimum atomic E-state index is 1.03. The number of rotatable bonds is 2. The Hall–Kier alpha value is -1.22. The fourth-order valence-corrected chi connectivity index (χ4v) is 1.85. The van der Waals surface area contributed by atoms with Gasteiger partial charge in [-0.25, -0.2) is 0 Å². The number of aryl methyl sites for hydroxylation is 1. The van der Waals surface area contributed by atoms with Crippen LogP contribution in [0.3, 0.4) is 0 Å². The van der Waals surface area contributed by atoms with Crippen LogP contribution < -0.4 is 4.72 Å². The third kappa shape index (κ3) is 1.68. The zero-order chi connectivity index (χ0) is 9.97. The van der Waals surface area contributed by atoms with Crippen molar-refractivity contribution in [2.24, 2.45) is 0 Å². The molecule has 0 saturated heterocycles.